The highest BCUT2D eigenvalue weighted by Crippen LogP contribution is 2.35. The van der Waals surface area contributed by atoms with Crippen LogP contribution in [0, 0.1) is 11.6 Å². The molecule has 1 aliphatic rings. The van der Waals surface area contributed by atoms with Gasteiger partial charge in [-0.25, -0.2) is 18.7 Å². The molecule has 172 valence electrons. The van der Waals surface area contributed by atoms with Gasteiger partial charge in [-0.3, -0.25) is 9.59 Å². The van der Waals surface area contributed by atoms with Crippen molar-refractivity contribution in [1.82, 2.24) is 14.5 Å². The van der Waals surface area contributed by atoms with Crippen LogP contribution in [0.25, 0.3) is 11.0 Å². The molecule has 0 bridgehead atoms. The molecule has 0 atom stereocenters. The van der Waals surface area contributed by atoms with E-state index < -0.39 is 17.5 Å². The number of nitrogen functional groups attached to an aromatic ring is 1. The lowest BCUT2D eigenvalue weighted by molar-refractivity contribution is 0.102. The molecule has 0 spiro atoms. The van der Waals surface area contributed by atoms with Gasteiger partial charge in [-0.2, -0.15) is 0 Å². The van der Waals surface area contributed by atoms with Gasteiger partial charge in [0.25, 0.3) is 5.91 Å². The van der Waals surface area contributed by atoms with E-state index in [1.165, 1.54) is 6.33 Å². The van der Waals surface area contributed by atoms with Gasteiger partial charge in [0.1, 0.15) is 29.4 Å². The van der Waals surface area contributed by atoms with Gasteiger partial charge in [0.15, 0.2) is 5.78 Å². The second-order valence-corrected chi connectivity index (χ2v) is 8.33. The lowest BCUT2D eigenvalue weighted by Gasteiger charge is -2.12. The number of halogens is 2. The molecule has 0 unspecified atom stereocenters. The Kier molecular flexibility index (Phi) is 5.53. The van der Waals surface area contributed by atoms with Crippen LogP contribution < -0.4 is 11.1 Å². The summed E-state index contributed by atoms with van der Waals surface area (Å²) in [7, 11) is 0. The molecule has 2 aromatic heterocycles. The van der Waals surface area contributed by atoms with Crippen molar-refractivity contribution < 1.29 is 18.4 Å². The maximum Gasteiger partial charge on any atom is 0.258 e. The molecule has 0 radical (unpaired) electrons. The zero-order valence-corrected chi connectivity index (χ0v) is 18.1. The summed E-state index contributed by atoms with van der Waals surface area (Å²) >= 11 is 0. The van der Waals surface area contributed by atoms with Crippen LogP contribution in [0.15, 0.2) is 55.0 Å². The number of fused-ring (bicyclic) bond motifs is 1. The third kappa shape index (κ3) is 3.89. The van der Waals surface area contributed by atoms with Crippen molar-refractivity contribution in [3.05, 3.63) is 83.3 Å². The Morgan fingerprint density at radius 1 is 1.00 bits per heavy atom. The summed E-state index contributed by atoms with van der Waals surface area (Å²) in [6.07, 6.45) is 7.50. The smallest absolute Gasteiger partial charge is 0.258 e. The minimum Gasteiger partial charge on any atom is -0.383 e. The molecule has 4 aromatic rings. The van der Waals surface area contributed by atoms with E-state index >= 15 is 0 Å². The lowest BCUT2D eigenvalue weighted by atomic mass is 10.0. The molecule has 7 nitrogen and oxygen atoms in total. The first kappa shape index (κ1) is 21.7. The number of nitrogens with one attached hydrogen (secondary N) is 1. The Hall–Kier alpha value is -4.14. The third-order valence-corrected chi connectivity index (χ3v) is 6.18. The predicted molar refractivity (Wildman–Crippen MR) is 124 cm³/mol. The van der Waals surface area contributed by atoms with E-state index in [9.17, 15) is 18.4 Å². The Balaban J connectivity index is 1.42. The lowest BCUT2D eigenvalue weighted by Crippen LogP contribution is -2.14. The predicted octanol–water partition coefficient (Wildman–Crippen LogP) is 4.89. The molecule has 1 amide bonds. The first-order valence-corrected chi connectivity index (χ1v) is 10.9. The van der Waals surface area contributed by atoms with Crippen LogP contribution in [0.4, 0.5) is 20.3 Å². The minimum absolute atomic E-state index is 0.245. The van der Waals surface area contributed by atoms with Gasteiger partial charge in [-0.05, 0) is 49.2 Å². The summed E-state index contributed by atoms with van der Waals surface area (Å²) in [6, 6.07) is 9.22. The average Bonchev–Trinajstić information content (AvgIpc) is 3.48. The van der Waals surface area contributed by atoms with Crippen LogP contribution in [0.1, 0.15) is 58.0 Å². The zero-order chi connectivity index (χ0) is 23.8. The molecule has 3 N–H and O–H groups in total. The van der Waals surface area contributed by atoms with E-state index in [2.05, 4.69) is 15.3 Å². The fourth-order valence-electron chi connectivity index (χ4n) is 4.47. The summed E-state index contributed by atoms with van der Waals surface area (Å²) in [4.78, 5) is 34.2. The highest BCUT2D eigenvalue weighted by atomic mass is 19.1. The summed E-state index contributed by atoms with van der Waals surface area (Å²) in [5.41, 5.74) is 7.66. The molecular formula is C25H21F2N5O2. The maximum atomic E-state index is 13.9. The molecule has 1 fully saturated rings. The van der Waals surface area contributed by atoms with Gasteiger partial charge in [0.2, 0.25) is 0 Å². The van der Waals surface area contributed by atoms with Crippen LogP contribution in [-0.4, -0.2) is 26.2 Å². The van der Waals surface area contributed by atoms with Crippen LogP contribution in [0.3, 0.4) is 0 Å². The first-order chi connectivity index (χ1) is 16.4. The van der Waals surface area contributed by atoms with Gasteiger partial charge in [-0.15, -0.1) is 0 Å². The van der Waals surface area contributed by atoms with Crippen molar-refractivity contribution in [3.63, 3.8) is 0 Å². The van der Waals surface area contributed by atoms with E-state index in [1.807, 2.05) is 4.57 Å². The van der Waals surface area contributed by atoms with Gasteiger partial charge in [0.05, 0.1) is 16.5 Å². The van der Waals surface area contributed by atoms with Gasteiger partial charge < -0.3 is 15.6 Å². The number of anilines is 2. The van der Waals surface area contributed by atoms with Crippen molar-refractivity contribution in [2.24, 2.45) is 0 Å². The summed E-state index contributed by atoms with van der Waals surface area (Å²) in [5, 5.41) is 3.08. The van der Waals surface area contributed by atoms with E-state index in [0.717, 1.165) is 37.8 Å². The highest BCUT2D eigenvalue weighted by molar-refractivity contribution is 6.18. The Labute approximate surface area is 193 Å². The summed E-state index contributed by atoms with van der Waals surface area (Å²) in [5.74, 6) is -2.44. The zero-order valence-electron chi connectivity index (χ0n) is 18.1. The van der Waals surface area contributed by atoms with Crippen LogP contribution in [0.5, 0.6) is 0 Å². The quantitative estimate of drug-likeness (QED) is 0.412. The molecule has 0 aliphatic heterocycles. The summed E-state index contributed by atoms with van der Waals surface area (Å²) in [6.45, 7) is 0. The average molecular weight is 461 g/mol. The molecule has 9 heteroatoms. The maximum absolute atomic E-state index is 13.9. The second-order valence-electron chi connectivity index (χ2n) is 8.33. The van der Waals surface area contributed by atoms with Crippen LogP contribution in [-0.2, 0) is 0 Å². The Bertz CT molecular complexity index is 1410. The molecule has 1 aliphatic carbocycles. The van der Waals surface area contributed by atoms with E-state index in [-0.39, 0.29) is 23.2 Å². The van der Waals surface area contributed by atoms with Crippen molar-refractivity contribution in [3.8, 4) is 0 Å². The molecule has 5 rings (SSSR count). The van der Waals surface area contributed by atoms with E-state index in [4.69, 9.17) is 5.73 Å². The van der Waals surface area contributed by atoms with Gasteiger partial charge >= 0.3 is 0 Å². The molecule has 2 heterocycles. The first-order valence-electron chi connectivity index (χ1n) is 10.9. The number of rotatable bonds is 5. The van der Waals surface area contributed by atoms with Crippen LogP contribution in [0.2, 0.25) is 0 Å². The number of nitrogens with two attached hydrogens (primary N) is 1. The van der Waals surface area contributed by atoms with E-state index in [0.29, 0.717) is 33.9 Å². The summed E-state index contributed by atoms with van der Waals surface area (Å²) < 4.78 is 29.0. The number of ketones is 1. The van der Waals surface area contributed by atoms with Crippen molar-refractivity contribution in [2.75, 3.05) is 11.1 Å². The topological polar surface area (TPSA) is 103 Å². The third-order valence-electron chi connectivity index (χ3n) is 6.18. The van der Waals surface area contributed by atoms with Crippen molar-refractivity contribution >= 4 is 34.2 Å². The van der Waals surface area contributed by atoms with Gasteiger partial charge in [-0.1, -0.05) is 12.8 Å². The van der Waals surface area contributed by atoms with Crippen LogP contribution >= 0.6 is 0 Å². The fraction of sp³-hybridized carbons (Fsp3) is 0.200. The number of amides is 1. The van der Waals surface area contributed by atoms with Gasteiger partial charge in [0, 0.05) is 29.6 Å². The molecule has 34 heavy (non-hydrogen) atoms. The monoisotopic (exact) mass is 461 g/mol. The largest absolute Gasteiger partial charge is 0.383 e. The number of hydrogen-bond acceptors (Lipinski definition) is 5. The fourth-order valence-corrected chi connectivity index (χ4v) is 4.47. The number of benzene rings is 2. The number of carbonyl (C=O) groups is 2. The minimum atomic E-state index is -0.956. The Morgan fingerprint density at radius 3 is 2.44 bits per heavy atom. The molecular weight excluding hydrogens is 440 g/mol. The molecule has 0 saturated heterocycles. The molecule has 1 saturated carbocycles. The van der Waals surface area contributed by atoms with Crippen molar-refractivity contribution in [2.45, 2.75) is 31.7 Å². The van der Waals surface area contributed by atoms with E-state index in [1.54, 1.807) is 30.5 Å². The number of aromatic nitrogens is 3. The number of carbonyl (C=O) groups excluding carboxylic acids is 2. The molecule has 2 aromatic carbocycles. The SMILES string of the molecule is Nc1ncnc2c1c(C(=O)c1ccc(NC(=O)c3ccc(F)cc3F)cc1)cn2C1CCCC1. The van der Waals surface area contributed by atoms with Crippen molar-refractivity contribution in [1.29, 1.82) is 0 Å². The standard InChI is InChI=1S/C25H21F2N5O2/c26-15-7-10-18(20(27)11-15)25(34)31-16-8-5-14(6-9-16)22(33)19-12-32(17-3-1-2-4-17)24-21(19)23(28)29-13-30-24/h5-13,17H,1-4H2,(H,31,34)(H2,28,29,30). The number of hydrogen-bond donors (Lipinski definition) is 2. The normalized spacial score (nSPS) is 13.9. The highest BCUT2D eigenvalue weighted by Gasteiger charge is 2.25. The number of nitrogens with zero attached hydrogens (tertiary/aromatic N) is 3. The second kappa shape index (κ2) is 8.66. The Morgan fingerprint density at radius 2 is 1.74 bits per heavy atom.